The average Bonchev–Trinajstić information content (AvgIpc) is 0.834. The first-order valence-electron chi connectivity index (χ1n) is 30.8. The van der Waals surface area contributed by atoms with Crippen molar-refractivity contribution in [3.63, 3.8) is 0 Å². The molecule has 492 valence electrons. The summed E-state index contributed by atoms with van der Waals surface area (Å²) in [5.74, 6) is -8.29. The molecule has 0 N–H and O–H groups in total. The van der Waals surface area contributed by atoms with Crippen molar-refractivity contribution in [2.24, 2.45) is 22.9 Å². The third kappa shape index (κ3) is 17.6. The Morgan fingerprint density at radius 1 is 0.337 bits per heavy atom. The molecular formula is C72H69N3O20. The van der Waals surface area contributed by atoms with Gasteiger partial charge in [-0.2, -0.15) is 0 Å². The number of rotatable bonds is 25. The summed E-state index contributed by atoms with van der Waals surface area (Å²) in [6.45, 7) is 3.20. The van der Waals surface area contributed by atoms with Gasteiger partial charge in [0, 0.05) is 29.2 Å². The fourth-order valence-electron chi connectivity index (χ4n) is 11.0. The van der Waals surface area contributed by atoms with E-state index >= 15 is 0 Å². The standard InChI is InChI=1S/C72H69N3O20/c1-44-54(41-84-63(76)47-25-11-4-12-26-47)88-71(61(94-68(81)52-35-21-9-22-36-52)58(44)91-65(78)49-29-15-6-16-30-49)86-43-56-46(3)59(92-66(79)50-31-17-7-18-32-50)62(95-69(82)53-37-23-10-24-38-53)72(89-56)85-42-55-45(2)57(90-64(77)48-27-13-5-14-28-48)60(70(87-55)83-40-39-74-75-73)93-67(80)51-33-19-8-20-34-51/h4-38,44-46,54-62,70-72H,39-43H2,1-3H3/t44-,45-,46-,54-,55-,56-,57+,58+,59+,60-,61-,62-,70-,71-,72-/m1/s1. The second-order valence-electron chi connectivity index (χ2n) is 22.6. The Bertz CT molecular complexity index is 3730. The molecule has 3 aliphatic heterocycles. The zero-order chi connectivity index (χ0) is 66.6. The maximum Gasteiger partial charge on any atom is 0.338 e. The molecule has 0 amide bonds. The summed E-state index contributed by atoms with van der Waals surface area (Å²) >= 11 is 0. The predicted octanol–water partition coefficient (Wildman–Crippen LogP) is 10.6. The van der Waals surface area contributed by atoms with Gasteiger partial charge in [-0.25, -0.2) is 33.6 Å². The maximum absolute atomic E-state index is 14.4. The van der Waals surface area contributed by atoms with Crippen molar-refractivity contribution in [3.05, 3.63) is 262 Å². The number of carbonyl (C=O) groups is 7. The number of carbonyl (C=O) groups excluding carboxylic acids is 7. The Balaban J connectivity index is 1.01. The van der Waals surface area contributed by atoms with E-state index in [-0.39, 0.29) is 52.1 Å². The van der Waals surface area contributed by atoms with Gasteiger partial charge in [0.1, 0.15) is 31.0 Å². The van der Waals surface area contributed by atoms with Crippen molar-refractivity contribution in [1.29, 1.82) is 0 Å². The SMILES string of the molecule is C[C@H]1[C@H](OC(=O)c2ccccc2)[C@@H](OC(=O)c2ccccc2)[C@H](OC[C@H]2O[C@@H](OC[C@H]3O[C@@H](OCCN=[N+]=[N-])[C@H](OC(=O)c4ccccc4)[C@@H](OC(=O)c4ccccc4)[C@@H]3C)[C@H](OC(=O)c3ccccc3)[C@@H](OC(=O)c3ccccc3)[C@@H]2C)O[C@@H]1COC(=O)c1ccccc1. The molecule has 15 atom stereocenters. The smallest absolute Gasteiger partial charge is 0.338 e. The first-order valence-corrected chi connectivity index (χ1v) is 30.8. The second kappa shape index (κ2) is 33.1. The highest BCUT2D eigenvalue weighted by atomic mass is 16.8. The topological polar surface area (TPSA) is 288 Å². The lowest BCUT2D eigenvalue weighted by molar-refractivity contribution is -0.329. The number of benzene rings is 7. The molecule has 0 bridgehead atoms. The van der Waals surface area contributed by atoms with Gasteiger partial charge in [-0.05, 0) is 90.5 Å². The van der Waals surface area contributed by atoms with Crippen molar-refractivity contribution in [2.45, 2.75) is 94.6 Å². The summed E-state index contributed by atoms with van der Waals surface area (Å²) in [6, 6.07) is 56.7. The maximum atomic E-state index is 14.4. The summed E-state index contributed by atoms with van der Waals surface area (Å²) in [5.41, 5.74) is 10.3. The third-order valence-electron chi connectivity index (χ3n) is 16.3. The molecule has 0 unspecified atom stereocenters. The first kappa shape index (κ1) is 67.8. The van der Waals surface area contributed by atoms with E-state index in [4.69, 9.17) is 67.1 Å². The van der Waals surface area contributed by atoms with Crippen LogP contribution in [0, 0.1) is 17.8 Å². The van der Waals surface area contributed by atoms with Crippen LogP contribution in [0.15, 0.2) is 217 Å². The van der Waals surface area contributed by atoms with Crippen molar-refractivity contribution in [3.8, 4) is 0 Å². The van der Waals surface area contributed by atoms with E-state index in [9.17, 15) is 33.6 Å². The van der Waals surface area contributed by atoms with Crippen LogP contribution in [0.4, 0.5) is 0 Å². The molecule has 0 radical (unpaired) electrons. The van der Waals surface area contributed by atoms with E-state index in [1.165, 1.54) is 48.5 Å². The quantitative estimate of drug-likeness (QED) is 0.0128. The van der Waals surface area contributed by atoms with E-state index in [1.54, 1.807) is 185 Å². The summed E-state index contributed by atoms with van der Waals surface area (Å²) < 4.78 is 83.2. The predicted molar refractivity (Wildman–Crippen MR) is 336 cm³/mol. The molecule has 7 aromatic rings. The molecule has 23 nitrogen and oxygen atoms in total. The van der Waals surface area contributed by atoms with Crippen LogP contribution in [0.1, 0.15) is 93.3 Å². The minimum atomic E-state index is -1.69. The van der Waals surface area contributed by atoms with Gasteiger partial charge in [0.15, 0.2) is 37.2 Å². The van der Waals surface area contributed by atoms with Crippen LogP contribution >= 0.6 is 0 Å². The number of azide groups is 1. The van der Waals surface area contributed by atoms with E-state index in [0.717, 1.165) is 0 Å². The molecule has 0 saturated carbocycles. The van der Waals surface area contributed by atoms with Crippen LogP contribution in [0.5, 0.6) is 0 Å². The first-order chi connectivity index (χ1) is 46.2. The van der Waals surface area contributed by atoms with Crippen LogP contribution in [-0.4, -0.2) is 149 Å². The lowest BCUT2D eigenvalue weighted by atomic mass is 9.89. The molecule has 0 spiro atoms. The van der Waals surface area contributed by atoms with Crippen molar-refractivity contribution < 1.29 is 95.1 Å². The van der Waals surface area contributed by atoms with Crippen LogP contribution in [0.25, 0.3) is 10.4 Å². The summed E-state index contributed by atoms with van der Waals surface area (Å²) in [4.78, 5) is 102. The number of ether oxygens (including phenoxy) is 13. The largest absolute Gasteiger partial charge is 0.459 e. The van der Waals surface area contributed by atoms with Gasteiger partial charge in [0.05, 0.1) is 71.0 Å². The molecule has 10 rings (SSSR count). The van der Waals surface area contributed by atoms with Crippen molar-refractivity contribution in [1.82, 2.24) is 0 Å². The minimum Gasteiger partial charge on any atom is -0.459 e. The van der Waals surface area contributed by atoms with Gasteiger partial charge in [-0.1, -0.05) is 153 Å². The lowest BCUT2D eigenvalue weighted by Crippen LogP contribution is -2.61. The molecule has 3 heterocycles. The van der Waals surface area contributed by atoms with E-state index in [0.29, 0.717) is 0 Å². The normalized spacial score (nSPS) is 25.4. The third-order valence-corrected chi connectivity index (χ3v) is 16.3. The number of esters is 7. The summed E-state index contributed by atoms with van der Waals surface area (Å²) in [7, 11) is 0. The Hall–Kier alpha value is -10.1. The Labute approximate surface area is 546 Å². The highest BCUT2D eigenvalue weighted by molar-refractivity contribution is 5.93. The fourth-order valence-corrected chi connectivity index (χ4v) is 11.0. The molecule has 3 aliphatic rings. The minimum absolute atomic E-state index is 0.118. The molecule has 3 fully saturated rings. The Morgan fingerprint density at radius 3 is 0.832 bits per heavy atom. The van der Waals surface area contributed by atoms with Crippen LogP contribution in [-0.2, 0) is 61.6 Å². The molecule has 95 heavy (non-hydrogen) atoms. The van der Waals surface area contributed by atoms with Gasteiger partial charge in [0.2, 0.25) is 0 Å². The van der Waals surface area contributed by atoms with Gasteiger partial charge in [0.25, 0.3) is 0 Å². The summed E-state index contributed by atoms with van der Waals surface area (Å²) in [5, 5.41) is 3.59. The van der Waals surface area contributed by atoms with E-state index in [2.05, 4.69) is 10.0 Å². The van der Waals surface area contributed by atoms with Crippen molar-refractivity contribution in [2.75, 3.05) is 33.0 Å². The highest BCUT2D eigenvalue weighted by Crippen LogP contribution is 2.38. The van der Waals surface area contributed by atoms with Crippen LogP contribution < -0.4 is 0 Å². The highest BCUT2D eigenvalue weighted by Gasteiger charge is 2.55. The Kier molecular flexibility index (Phi) is 23.6. The lowest BCUT2D eigenvalue weighted by Gasteiger charge is -2.47. The molecule has 0 aliphatic carbocycles. The molecule has 3 saturated heterocycles. The van der Waals surface area contributed by atoms with Gasteiger partial charge in [-0.3, -0.25) is 0 Å². The molecule has 23 heteroatoms. The van der Waals surface area contributed by atoms with Gasteiger partial charge >= 0.3 is 41.8 Å². The second-order valence-corrected chi connectivity index (χ2v) is 22.6. The molecular weight excluding hydrogens is 1230 g/mol. The van der Waals surface area contributed by atoms with E-state index < -0.39 is 153 Å². The van der Waals surface area contributed by atoms with Crippen molar-refractivity contribution >= 4 is 41.8 Å². The number of nitrogens with zero attached hydrogens (tertiary/aromatic N) is 3. The van der Waals surface area contributed by atoms with Crippen LogP contribution in [0.3, 0.4) is 0 Å². The van der Waals surface area contributed by atoms with Crippen LogP contribution in [0.2, 0.25) is 0 Å². The molecule has 7 aromatic carbocycles. The zero-order valence-electron chi connectivity index (χ0n) is 51.9. The van der Waals surface area contributed by atoms with Gasteiger partial charge in [-0.15, -0.1) is 0 Å². The number of hydrogen-bond acceptors (Lipinski definition) is 21. The average molecular weight is 1300 g/mol. The Morgan fingerprint density at radius 2 is 0.568 bits per heavy atom. The summed E-state index contributed by atoms with van der Waals surface area (Å²) in [6.07, 6.45) is -17.0. The number of hydrogen-bond donors (Lipinski definition) is 0. The fraction of sp³-hybridized carbons (Fsp3) is 0.319. The van der Waals surface area contributed by atoms with E-state index in [1.807, 2.05) is 0 Å². The van der Waals surface area contributed by atoms with Gasteiger partial charge < -0.3 is 61.6 Å². The monoisotopic (exact) mass is 1300 g/mol. The molecule has 0 aromatic heterocycles. The zero-order valence-corrected chi connectivity index (χ0v) is 51.9.